The molecule has 6 heteroatoms. The van der Waals surface area contributed by atoms with E-state index in [1.165, 1.54) is 6.42 Å². The first-order chi connectivity index (χ1) is 13.5. The largest absolute Gasteiger partial charge is 0.487 e. The van der Waals surface area contributed by atoms with Gasteiger partial charge in [0, 0.05) is 6.54 Å². The van der Waals surface area contributed by atoms with Gasteiger partial charge in [-0.2, -0.15) is 0 Å². The van der Waals surface area contributed by atoms with Crippen molar-refractivity contribution in [1.29, 1.82) is 0 Å². The normalized spacial score (nSPS) is 12.4. The number of anilines is 1. The first-order valence-electron chi connectivity index (χ1n) is 9.88. The van der Waals surface area contributed by atoms with Gasteiger partial charge in [0.2, 0.25) is 6.41 Å². The number of hydrogen-bond donors (Lipinski definition) is 2. The summed E-state index contributed by atoms with van der Waals surface area (Å²) in [5.74, 6) is 0.623. The van der Waals surface area contributed by atoms with Gasteiger partial charge >= 0.3 is 0 Å². The van der Waals surface area contributed by atoms with Gasteiger partial charge in [-0.1, -0.05) is 56.2 Å². The van der Waals surface area contributed by atoms with E-state index in [9.17, 15) is 4.79 Å². The minimum Gasteiger partial charge on any atom is -0.487 e. The highest BCUT2D eigenvalue weighted by atomic mass is 28.4. The van der Waals surface area contributed by atoms with Crippen LogP contribution in [0.25, 0.3) is 0 Å². The quantitative estimate of drug-likeness (QED) is 0.394. The Hall–Kier alpha value is -2.15. The summed E-state index contributed by atoms with van der Waals surface area (Å²) in [5, 5.41) is 2.74. The fraction of sp³-hybridized carbons (Fsp3) is 0.409. The van der Waals surface area contributed by atoms with Gasteiger partial charge in [0.1, 0.15) is 12.4 Å². The average molecular weight is 401 g/mol. The van der Waals surface area contributed by atoms with Crippen molar-refractivity contribution in [3.8, 4) is 5.75 Å². The topological polar surface area (TPSA) is 73.6 Å². The zero-order valence-corrected chi connectivity index (χ0v) is 18.1. The summed E-state index contributed by atoms with van der Waals surface area (Å²) in [5.41, 5.74) is 8.66. The summed E-state index contributed by atoms with van der Waals surface area (Å²) in [6, 6.07) is 16.8. The third-order valence-electron chi connectivity index (χ3n) is 4.63. The van der Waals surface area contributed by atoms with Gasteiger partial charge in [-0.25, -0.2) is 0 Å². The van der Waals surface area contributed by atoms with Crippen molar-refractivity contribution in [3.05, 3.63) is 59.7 Å². The molecule has 1 amide bonds. The molecule has 2 rings (SSSR count). The number of hydrogen-bond acceptors (Lipinski definition) is 4. The van der Waals surface area contributed by atoms with Crippen LogP contribution in [-0.2, 0) is 15.8 Å². The van der Waals surface area contributed by atoms with Crippen LogP contribution in [0.3, 0.4) is 0 Å². The zero-order chi connectivity index (χ0) is 20.4. The average Bonchev–Trinajstić information content (AvgIpc) is 2.70. The second kappa shape index (κ2) is 11.0. The summed E-state index contributed by atoms with van der Waals surface area (Å²) >= 11 is 0. The van der Waals surface area contributed by atoms with Gasteiger partial charge in [-0.3, -0.25) is 4.79 Å². The van der Waals surface area contributed by atoms with Crippen LogP contribution in [0, 0.1) is 0 Å². The van der Waals surface area contributed by atoms with E-state index in [0.717, 1.165) is 23.6 Å². The summed E-state index contributed by atoms with van der Waals surface area (Å²) in [6.45, 7) is 7.48. The van der Waals surface area contributed by atoms with Crippen LogP contribution in [0.15, 0.2) is 48.5 Å². The molecule has 0 aliphatic rings. The lowest BCUT2D eigenvalue weighted by molar-refractivity contribution is -0.105. The molecule has 3 N–H and O–H groups in total. The molecular weight excluding hydrogens is 368 g/mol. The van der Waals surface area contributed by atoms with Crippen molar-refractivity contribution in [2.24, 2.45) is 5.73 Å². The molecular formula is C22H32N2O3Si. The van der Waals surface area contributed by atoms with Gasteiger partial charge in [0.15, 0.2) is 8.32 Å². The van der Waals surface area contributed by atoms with Gasteiger partial charge in [0.25, 0.3) is 0 Å². The maximum atomic E-state index is 11.1. The Morgan fingerprint density at radius 3 is 2.57 bits per heavy atom. The Morgan fingerprint density at radius 2 is 1.93 bits per heavy atom. The molecule has 0 spiro atoms. The molecule has 0 heterocycles. The number of amides is 1. The number of carbonyl (C=O) groups is 1. The van der Waals surface area contributed by atoms with Crippen molar-refractivity contribution in [3.63, 3.8) is 0 Å². The highest BCUT2D eigenvalue weighted by molar-refractivity contribution is 6.71. The lowest BCUT2D eigenvalue weighted by Crippen LogP contribution is -2.34. The first-order valence-corrected chi connectivity index (χ1v) is 13.0. The van der Waals surface area contributed by atoms with Gasteiger partial charge in [-0.15, -0.1) is 0 Å². The van der Waals surface area contributed by atoms with Crippen LogP contribution < -0.4 is 15.8 Å². The number of unbranched alkanes of at least 4 members (excludes halogenated alkanes) is 1. The fourth-order valence-electron chi connectivity index (χ4n) is 3.08. The Balaban J connectivity index is 2.15. The number of nitrogens with one attached hydrogen (secondary N) is 1. The molecule has 5 nitrogen and oxygen atoms in total. The number of carbonyl (C=O) groups excluding carboxylic acids is 1. The lowest BCUT2D eigenvalue weighted by atomic mass is 10.1. The standard InChI is InChI=1S/C22H32N2O3Si/c1-4-5-13-28(2,3)27-22(15-23)19-11-12-21(20(14-19)24-17-25)26-16-18-9-7-6-8-10-18/h6-12,14,17,22H,4-5,13,15-16,23H2,1-3H3,(H,24,25). The molecule has 0 saturated carbocycles. The number of nitrogens with two attached hydrogens (primary N) is 1. The lowest BCUT2D eigenvalue weighted by Gasteiger charge is -2.29. The van der Waals surface area contributed by atoms with E-state index >= 15 is 0 Å². The van der Waals surface area contributed by atoms with Crippen LogP contribution >= 0.6 is 0 Å². The minimum atomic E-state index is -1.80. The predicted molar refractivity (Wildman–Crippen MR) is 117 cm³/mol. The fourth-order valence-corrected chi connectivity index (χ4v) is 5.41. The molecule has 0 radical (unpaired) electrons. The van der Waals surface area contributed by atoms with E-state index in [0.29, 0.717) is 31.0 Å². The van der Waals surface area contributed by atoms with Crippen LogP contribution in [0.5, 0.6) is 5.75 Å². The highest BCUT2D eigenvalue weighted by Gasteiger charge is 2.26. The van der Waals surface area contributed by atoms with Crippen molar-refractivity contribution in [2.75, 3.05) is 11.9 Å². The van der Waals surface area contributed by atoms with Gasteiger partial charge in [0.05, 0.1) is 11.8 Å². The molecule has 2 aromatic rings. The monoisotopic (exact) mass is 400 g/mol. The second-order valence-corrected chi connectivity index (χ2v) is 11.8. The maximum Gasteiger partial charge on any atom is 0.211 e. The van der Waals surface area contributed by atoms with Crippen LogP contribution in [0.1, 0.15) is 37.0 Å². The number of rotatable bonds is 12. The summed E-state index contributed by atoms with van der Waals surface area (Å²) in [6.07, 6.45) is 2.80. The zero-order valence-electron chi connectivity index (χ0n) is 17.1. The summed E-state index contributed by atoms with van der Waals surface area (Å²) < 4.78 is 12.3. The van der Waals surface area contributed by atoms with E-state index < -0.39 is 8.32 Å². The first kappa shape index (κ1) is 22.1. The molecule has 0 aliphatic carbocycles. The minimum absolute atomic E-state index is 0.186. The van der Waals surface area contributed by atoms with E-state index in [2.05, 4.69) is 25.3 Å². The van der Waals surface area contributed by atoms with Crippen LogP contribution in [0.4, 0.5) is 5.69 Å². The van der Waals surface area contributed by atoms with E-state index in [4.69, 9.17) is 14.9 Å². The predicted octanol–water partition coefficient (Wildman–Crippen LogP) is 4.86. The van der Waals surface area contributed by atoms with Crippen molar-refractivity contribution >= 4 is 20.4 Å². The number of ether oxygens (including phenoxy) is 1. The van der Waals surface area contributed by atoms with Crippen LogP contribution in [0.2, 0.25) is 19.1 Å². The molecule has 28 heavy (non-hydrogen) atoms. The molecule has 0 fully saturated rings. The third kappa shape index (κ3) is 6.78. The van der Waals surface area contributed by atoms with Crippen molar-refractivity contribution in [1.82, 2.24) is 0 Å². The number of benzene rings is 2. The van der Waals surface area contributed by atoms with Crippen molar-refractivity contribution < 1.29 is 14.0 Å². The van der Waals surface area contributed by atoms with Gasteiger partial charge < -0.3 is 20.2 Å². The summed E-state index contributed by atoms with van der Waals surface area (Å²) in [7, 11) is -1.80. The Morgan fingerprint density at radius 1 is 1.18 bits per heavy atom. The SMILES string of the molecule is CCCC[Si](C)(C)OC(CN)c1ccc(OCc2ccccc2)c(NC=O)c1. The Kier molecular flexibility index (Phi) is 8.69. The molecule has 152 valence electrons. The smallest absolute Gasteiger partial charge is 0.211 e. The second-order valence-electron chi connectivity index (χ2n) is 7.50. The molecule has 0 aromatic heterocycles. The molecule has 0 saturated heterocycles. The Bertz CT molecular complexity index is 738. The molecule has 1 unspecified atom stereocenters. The molecule has 0 aliphatic heterocycles. The van der Waals surface area contributed by atoms with Crippen LogP contribution in [-0.4, -0.2) is 21.3 Å². The van der Waals surface area contributed by atoms with E-state index in [1.807, 2.05) is 48.5 Å². The highest BCUT2D eigenvalue weighted by Crippen LogP contribution is 2.32. The molecule has 1 atom stereocenters. The molecule has 0 bridgehead atoms. The summed E-state index contributed by atoms with van der Waals surface area (Å²) in [4.78, 5) is 11.1. The van der Waals surface area contributed by atoms with E-state index in [1.54, 1.807) is 0 Å². The maximum absolute atomic E-state index is 11.1. The van der Waals surface area contributed by atoms with E-state index in [-0.39, 0.29) is 6.10 Å². The van der Waals surface area contributed by atoms with Gasteiger partial charge in [-0.05, 0) is 42.4 Å². The third-order valence-corrected chi connectivity index (χ3v) is 7.12. The molecule has 2 aromatic carbocycles. The Labute approximate surface area is 169 Å². The van der Waals surface area contributed by atoms with Crippen molar-refractivity contribution in [2.45, 2.75) is 51.6 Å².